The predicted molar refractivity (Wildman–Crippen MR) is 123 cm³/mol. The summed E-state index contributed by atoms with van der Waals surface area (Å²) in [6.07, 6.45) is -0.611. The maximum Gasteiger partial charge on any atom is 0.435 e. The Hall–Kier alpha value is -3.68. The summed E-state index contributed by atoms with van der Waals surface area (Å²) < 4.78 is 18.4. The number of nitrogen functional groups attached to an aromatic ring is 1. The summed E-state index contributed by atoms with van der Waals surface area (Å²) in [7, 11) is 1.53. The van der Waals surface area contributed by atoms with Gasteiger partial charge in [-0.2, -0.15) is 4.68 Å². The number of aryl methyl sites for hydroxylation is 1. The van der Waals surface area contributed by atoms with E-state index in [1.54, 1.807) is 39.0 Å². The van der Waals surface area contributed by atoms with Crippen LogP contribution in [0, 0.1) is 20.8 Å². The van der Waals surface area contributed by atoms with Crippen molar-refractivity contribution in [2.45, 2.75) is 47.1 Å². The molecule has 0 spiro atoms. The van der Waals surface area contributed by atoms with Crippen molar-refractivity contribution in [2.75, 3.05) is 12.8 Å². The lowest BCUT2D eigenvalue weighted by Crippen LogP contribution is -2.27. The van der Waals surface area contributed by atoms with Crippen molar-refractivity contribution in [3.63, 3.8) is 0 Å². The number of aromatic nitrogens is 2. The normalized spacial score (nSPS) is 12.0. The smallest absolute Gasteiger partial charge is 0.435 e. The lowest BCUT2D eigenvalue weighted by Gasteiger charge is -2.19. The number of carbonyl (C=O) groups is 1. The lowest BCUT2D eigenvalue weighted by molar-refractivity contribution is 0.0523. The first-order valence-electron chi connectivity index (χ1n) is 10.3. The van der Waals surface area contributed by atoms with E-state index in [0.29, 0.717) is 38.9 Å². The topological polar surface area (TPSA) is 113 Å². The number of hydrogen-bond donors (Lipinski definition) is 2. The Labute approximate surface area is 185 Å². The predicted octanol–water partition coefficient (Wildman–Crippen LogP) is 5.45. The van der Waals surface area contributed by atoms with Crippen molar-refractivity contribution in [2.24, 2.45) is 0 Å². The van der Waals surface area contributed by atoms with Crippen molar-refractivity contribution < 1.29 is 23.8 Å². The number of benzene rings is 2. The molecule has 8 heteroatoms. The Balaban J connectivity index is 1.92. The van der Waals surface area contributed by atoms with E-state index in [-0.39, 0.29) is 11.6 Å². The first kappa shape index (κ1) is 21.5. The molecule has 4 aromatic rings. The van der Waals surface area contributed by atoms with Gasteiger partial charge in [-0.15, -0.1) is 5.10 Å². The van der Waals surface area contributed by atoms with Gasteiger partial charge in [-0.05, 0) is 76.4 Å². The van der Waals surface area contributed by atoms with Gasteiger partial charge in [0.2, 0.25) is 0 Å². The van der Waals surface area contributed by atoms with Gasteiger partial charge in [0, 0.05) is 10.9 Å². The van der Waals surface area contributed by atoms with Crippen LogP contribution in [0.3, 0.4) is 0 Å². The molecule has 3 N–H and O–H groups in total. The number of ether oxygens (including phenoxy) is 2. The third kappa shape index (κ3) is 3.23. The van der Waals surface area contributed by atoms with Gasteiger partial charge in [0.25, 0.3) is 0 Å². The highest BCUT2D eigenvalue weighted by Crippen LogP contribution is 2.47. The molecule has 0 atom stereocenters. The van der Waals surface area contributed by atoms with Gasteiger partial charge in [-0.25, -0.2) is 4.79 Å². The van der Waals surface area contributed by atoms with E-state index in [0.717, 1.165) is 21.4 Å². The highest BCUT2D eigenvalue weighted by molar-refractivity contribution is 6.02. The van der Waals surface area contributed by atoms with Gasteiger partial charge in [0.05, 0.1) is 12.6 Å². The van der Waals surface area contributed by atoms with E-state index in [1.807, 2.05) is 20.8 Å². The highest BCUT2D eigenvalue weighted by atomic mass is 16.6. The van der Waals surface area contributed by atoms with E-state index in [1.165, 1.54) is 7.11 Å². The number of fused-ring (bicyclic) bond motifs is 2. The molecule has 0 saturated carbocycles. The third-order valence-corrected chi connectivity index (χ3v) is 5.66. The largest absolute Gasteiger partial charge is 0.507 e. The molecule has 0 amide bonds. The number of furan rings is 1. The average molecular weight is 437 g/mol. The second kappa shape index (κ2) is 7.19. The standard InChI is InChI=1S/C24H27N3O5/c1-11-12(2)18(28)17-19(13(11)3)31-20(21(17)30-7)14-8-9-16-15(10-14)22(25)26-27(16)23(29)32-24(4,5)6/h8-10,28H,1-7H3,(H2,25,26). The molecule has 4 rings (SSSR count). The zero-order chi connectivity index (χ0) is 23.5. The van der Waals surface area contributed by atoms with Crippen molar-refractivity contribution >= 4 is 33.8 Å². The number of anilines is 1. The summed E-state index contributed by atoms with van der Waals surface area (Å²) in [4.78, 5) is 12.6. The van der Waals surface area contributed by atoms with Crippen LogP contribution in [-0.4, -0.2) is 33.7 Å². The minimum Gasteiger partial charge on any atom is -0.507 e. The zero-order valence-corrected chi connectivity index (χ0v) is 19.3. The molecule has 2 heterocycles. The van der Waals surface area contributed by atoms with Crippen LogP contribution < -0.4 is 10.5 Å². The van der Waals surface area contributed by atoms with Gasteiger partial charge in [-0.3, -0.25) is 0 Å². The summed E-state index contributed by atoms with van der Waals surface area (Å²) in [6.45, 7) is 11.1. The van der Waals surface area contributed by atoms with Gasteiger partial charge >= 0.3 is 6.09 Å². The summed E-state index contributed by atoms with van der Waals surface area (Å²) in [5.41, 5.74) is 9.87. The molecular formula is C24H27N3O5. The Morgan fingerprint density at radius 2 is 1.84 bits per heavy atom. The molecule has 0 aliphatic heterocycles. The molecule has 0 saturated heterocycles. The quantitative estimate of drug-likeness (QED) is 0.428. The van der Waals surface area contributed by atoms with Crippen LogP contribution in [0.15, 0.2) is 22.6 Å². The first-order valence-corrected chi connectivity index (χ1v) is 10.3. The number of methoxy groups -OCH3 is 1. The zero-order valence-electron chi connectivity index (χ0n) is 19.3. The average Bonchev–Trinajstić information content (AvgIpc) is 3.27. The number of nitrogens with zero attached hydrogens (tertiary/aromatic N) is 2. The second-order valence-electron chi connectivity index (χ2n) is 8.90. The van der Waals surface area contributed by atoms with Gasteiger partial charge in [0.15, 0.2) is 17.3 Å². The molecule has 0 unspecified atom stereocenters. The number of phenolic OH excluding ortho intramolecular Hbond substituents is 1. The van der Waals surface area contributed by atoms with Crippen LogP contribution in [0.5, 0.6) is 11.5 Å². The molecule has 0 radical (unpaired) electrons. The van der Waals surface area contributed by atoms with Crippen LogP contribution in [0.25, 0.3) is 33.2 Å². The summed E-state index contributed by atoms with van der Waals surface area (Å²) in [6, 6.07) is 5.30. The Kier molecular flexibility index (Phi) is 4.84. The Bertz CT molecular complexity index is 1390. The number of aromatic hydroxyl groups is 1. The SMILES string of the molecule is COc1c(-c2ccc3c(c2)c(N)nn3C(=O)OC(C)(C)C)oc2c(C)c(C)c(C)c(O)c12. The van der Waals surface area contributed by atoms with Crippen molar-refractivity contribution in [3.05, 3.63) is 34.9 Å². The van der Waals surface area contributed by atoms with E-state index in [4.69, 9.17) is 19.6 Å². The third-order valence-electron chi connectivity index (χ3n) is 5.66. The molecule has 0 aliphatic rings. The summed E-state index contributed by atoms with van der Waals surface area (Å²) >= 11 is 0. The fourth-order valence-corrected chi connectivity index (χ4v) is 3.82. The maximum absolute atomic E-state index is 12.6. The molecule has 0 bridgehead atoms. The summed E-state index contributed by atoms with van der Waals surface area (Å²) in [5.74, 6) is 1.21. The minimum atomic E-state index is -0.665. The molecule has 168 valence electrons. The number of phenols is 1. The van der Waals surface area contributed by atoms with Crippen LogP contribution in [0.1, 0.15) is 37.5 Å². The van der Waals surface area contributed by atoms with Gasteiger partial charge in [0.1, 0.15) is 22.3 Å². The van der Waals surface area contributed by atoms with Crippen molar-refractivity contribution in [3.8, 4) is 22.8 Å². The van der Waals surface area contributed by atoms with Gasteiger partial charge in [-0.1, -0.05) is 0 Å². The lowest BCUT2D eigenvalue weighted by atomic mass is 9.99. The Morgan fingerprint density at radius 1 is 1.16 bits per heavy atom. The van der Waals surface area contributed by atoms with Crippen molar-refractivity contribution in [1.29, 1.82) is 0 Å². The molecular weight excluding hydrogens is 410 g/mol. The number of nitrogens with two attached hydrogens (primary N) is 1. The number of rotatable bonds is 2. The number of hydrogen-bond acceptors (Lipinski definition) is 7. The molecule has 2 aromatic heterocycles. The van der Waals surface area contributed by atoms with Crippen LogP contribution in [0.2, 0.25) is 0 Å². The summed E-state index contributed by atoms with van der Waals surface area (Å²) in [5, 5.41) is 16.0. The van der Waals surface area contributed by atoms with Crippen LogP contribution >= 0.6 is 0 Å². The fourth-order valence-electron chi connectivity index (χ4n) is 3.82. The van der Waals surface area contributed by atoms with Crippen molar-refractivity contribution in [1.82, 2.24) is 9.78 Å². The van der Waals surface area contributed by atoms with E-state index in [9.17, 15) is 9.90 Å². The van der Waals surface area contributed by atoms with Crippen LogP contribution in [0.4, 0.5) is 10.6 Å². The molecule has 8 nitrogen and oxygen atoms in total. The van der Waals surface area contributed by atoms with E-state index >= 15 is 0 Å². The van der Waals surface area contributed by atoms with E-state index in [2.05, 4.69) is 5.10 Å². The monoisotopic (exact) mass is 437 g/mol. The molecule has 0 aliphatic carbocycles. The van der Waals surface area contributed by atoms with E-state index < -0.39 is 11.7 Å². The highest BCUT2D eigenvalue weighted by Gasteiger charge is 2.26. The van der Waals surface area contributed by atoms with Gasteiger partial charge < -0.3 is 24.7 Å². The molecule has 0 fully saturated rings. The minimum absolute atomic E-state index is 0.133. The second-order valence-corrected chi connectivity index (χ2v) is 8.90. The van der Waals surface area contributed by atoms with Crippen LogP contribution in [-0.2, 0) is 4.74 Å². The molecule has 2 aromatic carbocycles. The fraction of sp³-hybridized carbons (Fsp3) is 0.333. The number of carbonyl (C=O) groups excluding carboxylic acids is 1. The molecule has 32 heavy (non-hydrogen) atoms. The maximum atomic E-state index is 12.6. The first-order chi connectivity index (χ1) is 14.9. The Morgan fingerprint density at radius 3 is 2.47 bits per heavy atom.